The number of hydrogen-bond donors (Lipinski definition) is 4. The Labute approximate surface area is 105 Å². The molecule has 18 heavy (non-hydrogen) atoms. The molecule has 0 aromatic carbocycles. The molecule has 5 N–H and O–H groups in total. The lowest BCUT2D eigenvalue weighted by Crippen LogP contribution is -2.52. The zero-order valence-electron chi connectivity index (χ0n) is 10.3. The SMILES string of the molecule is C#CC(C)(C)NC(=O)N[C@H](CCC(N)=O)C(=O)O. The van der Waals surface area contributed by atoms with Crippen molar-refractivity contribution in [2.45, 2.75) is 38.3 Å². The molecular weight excluding hydrogens is 238 g/mol. The number of terminal acetylenes is 1. The molecule has 0 fully saturated rings. The summed E-state index contributed by atoms with van der Waals surface area (Å²) in [6.45, 7) is 3.18. The van der Waals surface area contributed by atoms with Crippen molar-refractivity contribution in [2.75, 3.05) is 0 Å². The fraction of sp³-hybridized carbons (Fsp3) is 0.545. The molecule has 0 saturated carbocycles. The van der Waals surface area contributed by atoms with Gasteiger partial charge in [0, 0.05) is 6.42 Å². The molecule has 7 nitrogen and oxygen atoms in total. The second kappa shape index (κ2) is 6.49. The molecule has 0 spiro atoms. The Balaban J connectivity index is 4.43. The molecule has 0 aliphatic heterocycles. The number of aliphatic carboxylic acids is 1. The van der Waals surface area contributed by atoms with Crippen molar-refractivity contribution in [1.29, 1.82) is 0 Å². The molecule has 0 aromatic rings. The van der Waals surface area contributed by atoms with E-state index in [1.165, 1.54) is 0 Å². The van der Waals surface area contributed by atoms with Gasteiger partial charge >= 0.3 is 12.0 Å². The van der Waals surface area contributed by atoms with Gasteiger partial charge in [0.25, 0.3) is 0 Å². The van der Waals surface area contributed by atoms with Gasteiger partial charge in [0.15, 0.2) is 0 Å². The van der Waals surface area contributed by atoms with E-state index in [2.05, 4.69) is 16.6 Å². The van der Waals surface area contributed by atoms with Crippen molar-refractivity contribution in [2.24, 2.45) is 5.73 Å². The Morgan fingerprint density at radius 2 is 2.00 bits per heavy atom. The van der Waals surface area contributed by atoms with Crippen LogP contribution in [0.15, 0.2) is 0 Å². The molecular formula is C11H17N3O4. The first-order valence-electron chi connectivity index (χ1n) is 5.25. The second-order valence-corrected chi connectivity index (χ2v) is 4.26. The zero-order chi connectivity index (χ0) is 14.3. The Bertz CT molecular complexity index is 384. The van der Waals surface area contributed by atoms with Crippen molar-refractivity contribution in [3.8, 4) is 12.3 Å². The predicted molar refractivity (Wildman–Crippen MR) is 64.4 cm³/mol. The molecule has 0 heterocycles. The van der Waals surface area contributed by atoms with Crippen LogP contribution in [0.5, 0.6) is 0 Å². The average Bonchev–Trinajstić information content (AvgIpc) is 2.22. The molecule has 100 valence electrons. The summed E-state index contributed by atoms with van der Waals surface area (Å²) in [6, 6.07) is -1.90. The number of carboxylic acids is 1. The van der Waals surface area contributed by atoms with Gasteiger partial charge in [-0.2, -0.15) is 0 Å². The number of amides is 3. The number of rotatable bonds is 6. The number of carbonyl (C=O) groups is 3. The van der Waals surface area contributed by atoms with E-state index in [1.54, 1.807) is 13.8 Å². The molecule has 0 saturated heterocycles. The Kier molecular flexibility index (Phi) is 5.69. The number of primary amides is 1. The number of nitrogens with one attached hydrogen (secondary N) is 2. The lowest BCUT2D eigenvalue weighted by molar-refractivity contribution is -0.139. The third-order valence-electron chi connectivity index (χ3n) is 2.07. The quantitative estimate of drug-likeness (QED) is 0.474. The molecule has 3 amide bonds. The van der Waals surface area contributed by atoms with Crippen molar-refractivity contribution in [3.63, 3.8) is 0 Å². The zero-order valence-corrected chi connectivity index (χ0v) is 10.3. The van der Waals surface area contributed by atoms with Crippen molar-refractivity contribution in [1.82, 2.24) is 10.6 Å². The summed E-state index contributed by atoms with van der Waals surface area (Å²) in [4.78, 5) is 32.9. The van der Waals surface area contributed by atoms with E-state index in [4.69, 9.17) is 17.3 Å². The molecule has 0 bridgehead atoms. The van der Waals surface area contributed by atoms with Crippen LogP contribution >= 0.6 is 0 Å². The van der Waals surface area contributed by atoms with Crippen LogP contribution < -0.4 is 16.4 Å². The number of carboxylic acid groups (broad SMARTS) is 1. The minimum atomic E-state index is -1.25. The highest BCUT2D eigenvalue weighted by Gasteiger charge is 2.23. The standard InChI is InChI=1S/C11H17N3O4/c1-4-11(2,3)14-10(18)13-7(9(16)17)5-6-8(12)15/h1,7H,5-6H2,2-3H3,(H2,12,15)(H,16,17)(H2,13,14,18)/t7-/m1/s1. The maximum Gasteiger partial charge on any atom is 0.326 e. The maximum atomic E-state index is 11.5. The molecule has 0 aliphatic rings. The van der Waals surface area contributed by atoms with Gasteiger partial charge in [0.05, 0.1) is 5.54 Å². The predicted octanol–water partition coefficient (Wildman–Crippen LogP) is -0.584. The molecule has 0 unspecified atom stereocenters. The second-order valence-electron chi connectivity index (χ2n) is 4.26. The highest BCUT2D eigenvalue weighted by molar-refractivity contribution is 5.83. The third kappa shape index (κ3) is 6.37. The van der Waals surface area contributed by atoms with E-state index in [0.717, 1.165) is 0 Å². The lowest BCUT2D eigenvalue weighted by atomic mass is 10.1. The van der Waals surface area contributed by atoms with E-state index >= 15 is 0 Å². The van der Waals surface area contributed by atoms with E-state index in [0.29, 0.717) is 0 Å². The molecule has 7 heteroatoms. The summed E-state index contributed by atoms with van der Waals surface area (Å²) in [5.74, 6) is 0.454. The van der Waals surface area contributed by atoms with Crippen LogP contribution in [0.25, 0.3) is 0 Å². The summed E-state index contributed by atoms with van der Waals surface area (Å²) < 4.78 is 0. The van der Waals surface area contributed by atoms with Gasteiger partial charge in [-0.1, -0.05) is 5.92 Å². The molecule has 0 aliphatic carbocycles. The van der Waals surface area contributed by atoms with Crippen LogP contribution in [0, 0.1) is 12.3 Å². The Morgan fingerprint density at radius 3 is 2.39 bits per heavy atom. The van der Waals surface area contributed by atoms with Crippen LogP contribution in [0.2, 0.25) is 0 Å². The number of hydrogen-bond acceptors (Lipinski definition) is 3. The Morgan fingerprint density at radius 1 is 1.44 bits per heavy atom. The topological polar surface area (TPSA) is 122 Å². The fourth-order valence-electron chi connectivity index (χ4n) is 1.06. The summed E-state index contributed by atoms with van der Waals surface area (Å²) in [5, 5.41) is 13.5. The minimum absolute atomic E-state index is 0.0748. The maximum absolute atomic E-state index is 11.5. The first-order chi connectivity index (χ1) is 8.18. The fourth-order valence-corrected chi connectivity index (χ4v) is 1.06. The van der Waals surface area contributed by atoms with E-state index in [-0.39, 0.29) is 12.8 Å². The van der Waals surface area contributed by atoms with Crippen LogP contribution in [-0.4, -0.2) is 34.6 Å². The highest BCUT2D eigenvalue weighted by atomic mass is 16.4. The Hall–Kier alpha value is -2.23. The number of nitrogens with two attached hydrogens (primary N) is 1. The van der Waals surface area contributed by atoms with E-state index in [9.17, 15) is 14.4 Å². The van der Waals surface area contributed by atoms with Crippen molar-refractivity contribution in [3.05, 3.63) is 0 Å². The number of carbonyl (C=O) groups excluding carboxylic acids is 2. The largest absolute Gasteiger partial charge is 0.480 e. The van der Waals surface area contributed by atoms with Gasteiger partial charge in [-0.15, -0.1) is 6.42 Å². The highest BCUT2D eigenvalue weighted by Crippen LogP contribution is 2.01. The molecule has 0 aromatic heterocycles. The third-order valence-corrected chi connectivity index (χ3v) is 2.07. The molecule has 1 atom stereocenters. The smallest absolute Gasteiger partial charge is 0.326 e. The summed E-state index contributed by atoms with van der Waals surface area (Å²) >= 11 is 0. The van der Waals surface area contributed by atoms with Crippen molar-refractivity contribution >= 4 is 17.9 Å². The molecule has 0 radical (unpaired) electrons. The first kappa shape index (κ1) is 15.8. The van der Waals surface area contributed by atoms with Gasteiger partial charge in [0.1, 0.15) is 6.04 Å². The normalized spacial score (nSPS) is 12.1. The summed E-state index contributed by atoms with van der Waals surface area (Å²) in [6.07, 6.45) is 4.97. The number of urea groups is 1. The van der Waals surface area contributed by atoms with Crippen LogP contribution in [-0.2, 0) is 9.59 Å². The van der Waals surface area contributed by atoms with Gasteiger partial charge in [-0.05, 0) is 20.3 Å². The van der Waals surface area contributed by atoms with Crippen LogP contribution in [0.1, 0.15) is 26.7 Å². The average molecular weight is 255 g/mol. The summed E-state index contributed by atoms with van der Waals surface area (Å²) in [5.41, 5.74) is 4.02. The van der Waals surface area contributed by atoms with Gasteiger partial charge in [-0.25, -0.2) is 9.59 Å². The monoisotopic (exact) mass is 255 g/mol. The minimum Gasteiger partial charge on any atom is -0.480 e. The van der Waals surface area contributed by atoms with E-state index < -0.39 is 29.5 Å². The first-order valence-corrected chi connectivity index (χ1v) is 5.25. The summed E-state index contributed by atoms with van der Waals surface area (Å²) in [7, 11) is 0. The van der Waals surface area contributed by atoms with Crippen LogP contribution in [0.3, 0.4) is 0 Å². The van der Waals surface area contributed by atoms with Gasteiger partial charge in [0.2, 0.25) is 5.91 Å². The van der Waals surface area contributed by atoms with Crippen LogP contribution in [0.4, 0.5) is 4.79 Å². The lowest BCUT2D eigenvalue weighted by Gasteiger charge is -2.22. The van der Waals surface area contributed by atoms with Crippen molar-refractivity contribution < 1.29 is 19.5 Å². The van der Waals surface area contributed by atoms with Gasteiger partial charge < -0.3 is 21.5 Å². The molecule has 0 rings (SSSR count). The van der Waals surface area contributed by atoms with E-state index in [1.807, 2.05) is 0 Å². The van der Waals surface area contributed by atoms with Gasteiger partial charge in [-0.3, -0.25) is 4.79 Å².